The van der Waals surface area contributed by atoms with Crippen LogP contribution in [0.3, 0.4) is 0 Å². The van der Waals surface area contributed by atoms with Crippen LogP contribution < -0.4 is 4.74 Å². The van der Waals surface area contributed by atoms with Crippen LogP contribution in [0.5, 0.6) is 11.5 Å². The number of ether oxygens (including phenoxy) is 1. The van der Waals surface area contributed by atoms with Crippen LogP contribution in [-0.2, 0) is 0 Å². The molecule has 2 aromatic rings. The summed E-state index contributed by atoms with van der Waals surface area (Å²) < 4.78 is 18.6. The minimum absolute atomic E-state index is 0.257. The van der Waals surface area contributed by atoms with E-state index in [1.807, 2.05) is 6.07 Å². The van der Waals surface area contributed by atoms with Crippen molar-refractivity contribution in [2.45, 2.75) is 6.92 Å². The number of halogens is 1. The van der Waals surface area contributed by atoms with Crippen LogP contribution in [0, 0.1) is 18.8 Å². The van der Waals surface area contributed by atoms with Crippen molar-refractivity contribution in [1.29, 1.82) is 0 Å². The summed E-state index contributed by atoms with van der Waals surface area (Å²) in [6.07, 6.45) is 0. The summed E-state index contributed by atoms with van der Waals surface area (Å²) in [6.45, 7) is 1.72. The summed E-state index contributed by atoms with van der Waals surface area (Å²) in [7, 11) is 0. The molecule has 0 atom stereocenters. The van der Waals surface area contributed by atoms with Crippen LogP contribution in [-0.4, -0.2) is 0 Å². The molecule has 0 amide bonds. The Morgan fingerprint density at radius 3 is 2.73 bits per heavy atom. The standard InChI is InChI=1S/C13H10FO/c1-10-7-8-12(9-13(10)14)15-11-5-3-2-4-6-11/h2-3,5-9H,1H3. The molecule has 0 aliphatic rings. The lowest BCUT2D eigenvalue weighted by atomic mass is 10.2. The maximum atomic E-state index is 13.2. The molecule has 0 saturated heterocycles. The molecule has 15 heavy (non-hydrogen) atoms. The van der Waals surface area contributed by atoms with Crippen molar-refractivity contribution in [2.75, 3.05) is 0 Å². The maximum Gasteiger partial charge on any atom is 0.130 e. The second-order valence-electron chi connectivity index (χ2n) is 3.25. The minimum Gasteiger partial charge on any atom is -0.457 e. The van der Waals surface area contributed by atoms with E-state index >= 15 is 0 Å². The van der Waals surface area contributed by atoms with Gasteiger partial charge >= 0.3 is 0 Å². The molecular weight excluding hydrogens is 191 g/mol. The molecule has 0 saturated carbocycles. The summed E-state index contributed by atoms with van der Waals surface area (Å²) in [5.41, 5.74) is 0.613. The monoisotopic (exact) mass is 201 g/mol. The van der Waals surface area contributed by atoms with Crippen molar-refractivity contribution in [3.63, 3.8) is 0 Å². The van der Waals surface area contributed by atoms with E-state index < -0.39 is 0 Å². The third kappa shape index (κ3) is 2.34. The maximum absolute atomic E-state index is 13.2. The highest BCUT2D eigenvalue weighted by Crippen LogP contribution is 2.22. The third-order valence-electron chi connectivity index (χ3n) is 2.06. The fourth-order valence-corrected chi connectivity index (χ4v) is 1.21. The first-order valence-electron chi connectivity index (χ1n) is 4.66. The summed E-state index contributed by atoms with van der Waals surface area (Å²) in [5, 5.41) is 0. The highest BCUT2D eigenvalue weighted by atomic mass is 19.1. The van der Waals surface area contributed by atoms with Crippen LogP contribution in [0.15, 0.2) is 42.5 Å². The van der Waals surface area contributed by atoms with Gasteiger partial charge in [-0.25, -0.2) is 4.39 Å². The Kier molecular flexibility index (Phi) is 2.68. The first-order valence-corrected chi connectivity index (χ1v) is 4.66. The second-order valence-corrected chi connectivity index (χ2v) is 3.25. The molecule has 0 fully saturated rings. The first-order chi connectivity index (χ1) is 7.25. The third-order valence-corrected chi connectivity index (χ3v) is 2.06. The molecule has 0 N–H and O–H groups in total. The molecule has 2 aromatic carbocycles. The topological polar surface area (TPSA) is 9.23 Å². The molecule has 0 unspecified atom stereocenters. The lowest BCUT2D eigenvalue weighted by Gasteiger charge is -2.05. The van der Waals surface area contributed by atoms with Crippen LogP contribution in [0.4, 0.5) is 4.39 Å². The minimum atomic E-state index is -0.257. The molecule has 0 aliphatic carbocycles. The highest BCUT2D eigenvalue weighted by molar-refractivity contribution is 5.33. The average Bonchev–Trinajstić information content (AvgIpc) is 2.25. The lowest BCUT2D eigenvalue weighted by Crippen LogP contribution is -1.87. The van der Waals surface area contributed by atoms with Gasteiger partial charge in [0.25, 0.3) is 0 Å². The molecule has 2 heteroatoms. The van der Waals surface area contributed by atoms with Crippen LogP contribution >= 0.6 is 0 Å². The fourth-order valence-electron chi connectivity index (χ4n) is 1.21. The van der Waals surface area contributed by atoms with E-state index in [0.717, 1.165) is 0 Å². The van der Waals surface area contributed by atoms with Gasteiger partial charge < -0.3 is 4.74 Å². The molecule has 0 heterocycles. The SMILES string of the molecule is Cc1ccc(Oc2c[c]ccc2)cc1F. The molecule has 0 aromatic heterocycles. The number of hydrogen-bond donors (Lipinski definition) is 0. The summed E-state index contributed by atoms with van der Waals surface area (Å²) in [6, 6.07) is 14.8. The van der Waals surface area contributed by atoms with Gasteiger partial charge in [0, 0.05) is 6.07 Å². The van der Waals surface area contributed by atoms with Crippen molar-refractivity contribution in [3.05, 3.63) is 59.9 Å². The Hall–Kier alpha value is -1.83. The lowest BCUT2D eigenvalue weighted by molar-refractivity contribution is 0.476. The van der Waals surface area contributed by atoms with E-state index in [0.29, 0.717) is 17.1 Å². The number of aryl methyl sites for hydroxylation is 1. The molecule has 1 radical (unpaired) electrons. The molecule has 0 bridgehead atoms. The Morgan fingerprint density at radius 1 is 1.20 bits per heavy atom. The Balaban J connectivity index is 2.22. The van der Waals surface area contributed by atoms with Gasteiger partial charge in [-0.2, -0.15) is 0 Å². The van der Waals surface area contributed by atoms with Gasteiger partial charge in [0.05, 0.1) is 0 Å². The number of benzene rings is 2. The molecule has 0 spiro atoms. The Bertz CT molecular complexity index is 451. The van der Waals surface area contributed by atoms with Crippen molar-refractivity contribution < 1.29 is 9.13 Å². The highest BCUT2D eigenvalue weighted by Gasteiger charge is 2.00. The van der Waals surface area contributed by atoms with Crippen molar-refractivity contribution in [3.8, 4) is 11.5 Å². The van der Waals surface area contributed by atoms with Gasteiger partial charge in [-0.15, -0.1) is 0 Å². The van der Waals surface area contributed by atoms with Gasteiger partial charge in [0.2, 0.25) is 0 Å². The fraction of sp³-hybridized carbons (Fsp3) is 0.0769. The summed E-state index contributed by atoms with van der Waals surface area (Å²) >= 11 is 0. The van der Waals surface area contributed by atoms with Crippen LogP contribution in [0.2, 0.25) is 0 Å². The van der Waals surface area contributed by atoms with E-state index in [9.17, 15) is 4.39 Å². The zero-order valence-corrected chi connectivity index (χ0v) is 8.33. The smallest absolute Gasteiger partial charge is 0.130 e. The number of rotatable bonds is 2. The average molecular weight is 201 g/mol. The predicted octanol–water partition coefficient (Wildman–Crippen LogP) is 3.73. The van der Waals surface area contributed by atoms with Crippen molar-refractivity contribution in [1.82, 2.24) is 0 Å². The molecule has 0 aliphatic heterocycles. The molecule has 75 valence electrons. The number of hydrogen-bond acceptors (Lipinski definition) is 1. The largest absolute Gasteiger partial charge is 0.457 e. The van der Waals surface area contributed by atoms with E-state index in [4.69, 9.17) is 4.74 Å². The summed E-state index contributed by atoms with van der Waals surface area (Å²) in [5.74, 6) is 0.894. The van der Waals surface area contributed by atoms with E-state index in [1.54, 1.807) is 37.3 Å². The van der Waals surface area contributed by atoms with Gasteiger partial charge in [0.1, 0.15) is 17.3 Å². The van der Waals surface area contributed by atoms with Gasteiger partial charge in [0.15, 0.2) is 0 Å². The van der Waals surface area contributed by atoms with Crippen molar-refractivity contribution in [2.24, 2.45) is 0 Å². The van der Waals surface area contributed by atoms with E-state index in [2.05, 4.69) is 6.07 Å². The van der Waals surface area contributed by atoms with E-state index in [-0.39, 0.29) is 5.82 Å². The Morgan fingerprint density at radius 2 is 2.07 bits per heavy atom. The molecular formula is C13H10FO. The second kappa shape index (κ2) is 4.13. The van der Waals surface area contributed by atoms with Crippen LogP contribution in [0.25, 0.3) is 0 Å². The van der Waals surface area contributed by atoms with Gasteiger partial charge in [-0.3, -0.25) is 0 Å². The normalized spacial score (nSPS) is 10.0. The van der Waals surface area contributed by atoms with Gasteiger partial charge in [-0.05, 0) is 36.8 Å². The zero-order chi connectivity index (χ0) is 10.7. The zero-order valence-electron chi connectivity index (χ0n) is 8.33. The Labute approximate surface area is 88.1 Å². The van der Waals surface area contributed by atoms with Gasteiger partial charge in [-0.1, -0.05) is 18.2 Å². The van der Waals surface area contributed by atoms with Crippen LogP contribution in [0.1, 0.15) is 5.56 Å². The van der Waals surface area contributed by atoms with E-state index in [1.165, 1.54) is 6.07 Å². The molecule has 1 nitrogen and oxygen atoms in total. The quantitative estimate of drug-likeness (QED) is 0.719. The van der Waals surface area contributed by atoms with Crippen molar-refractivity contribution >= 4 is 0 Å². The molecule has 2 rings (SSSR count). The first kappa shape index (κ1) is 9.71. The summed E-state index contributed by atoms with van der Waals surface area (Å²) in [4.78, 5) is 0. The predicted molar refractivity (Wildman–Crippen MR) is 56.5 cm³/mol.